The van der Waals surface area contributed by atoms with Crippen LogP contribution in [0.15, 0.2) is 43.0 Å². The molecule has 0 spiro atoms. The average Bonchev–Trinajstić information content (AvgIpc) is 1.63. The summed E-state index contributed by atoms with van der Waals surface area (Å²) >= 11 is 0. The predicted molar refractivity (Wildman–Crippen MR) is 567 cm³/mol. The number of rotatable bonds is 16. The smallest absolute Gasteiger partial charge is 1.00 e. The number of ether oxygens (including phenoxy) is 22. The van der Waals surface area contributed by atoms with E-state index >= 15 is 0 Å². The van der Waals surface area contributed by atoms with Crippen molar-refractivity contribution in [2.45, 2.75) is 550 Å². The molecule has 0 amide bonds. The van der Waals surface area contributed by atoms with Gasteiger partial charge in [0.15, 0.2) is 85.9 Å². The second-order valence-corrected chi connectivity index (χ2v) is 51.5. The van der Waals surface area contributed by atoms with E-state index in [-0.39, 0.29) is 176 Å². The molecule has 13 heterocycles. The van der Waals surface area contributed by atoms with Gasteiger partial charge in [0.25, 0.3) is 0 Å². The van der Waals surface area contributed by atoms with Crippen LogP contribution in [0.5, 0.6) is 0 Å². The number of aliphatic hydroxyl groups excluding tert-OH is 8. The Morgan fingerprint density at radius 3 is 1.39 bits per heavy atom. The molecule has 13 fully saturated rings. The van der Waals surface area contributed by atoms with Crippen LogP contribution in [0.1, 0.15) is 326 Å². The van der Waals surface area contributed by atoms with E-state index in [1.807, 2.05) is 168 Å². The number of carbonyl (C=O) groups is 1. The standard InChI is InChI=1S/C16H24O4.C16H34O3Si.C10H18O4.C10H16O4.C10H20O4.C9H16O2.C8H14O4.C7H12O4.C6H12O4.3C3H8.C2H7P.CH4.CH3.BrH.Mg.H2O4S/c1-4-13(17)15-14(19-16(2,3)20-15)11-18-10-12-8-6-5-7-9-12;1-10-13-14(19-16(6,7)18-13)12(2)11-17-20(8,9)15(3,4)5;2*1-9(2)5-6-7(8(11)14-9)13-10(3,4)12-6;1-9(2,12)5-7-8(6-11)14-10(3,4)13-7;1-5-7-8(6-2)11-9(3,4)10-7;1-8(2)11-5-3-7(9)10-4-6(5)12-8;1-7(2)10-4-3-9-6(8)5(4)11-7;1-3-2-10-6(9)5(8)4(3)7;4*1-3-2;;;;;1-5(2,3)4/h5-9,13-15,17H,4,10-11H2,1-3H3;12-14H,10-11H2,1-9H3;6-8,11H,5H2,1-4H3;6-7H,5H2,1-4H3;7-8,11-12H,5-6H2,1-4H3;5,7-8H,1,6H2,2-4H3;5-7,9H,3-4H2,1-2H3;4-6,8H,3H2,1-2H3;3-9H,2H2,1H3;3*3H2,1-2H3;3H,1-2H3;1H4;1H3;1H;;(H2,1,2,3,4)/q;;;;;;;;;;;;;;-1;;+2;/p-1/t13-,14?,15+;12-,13?,14+;6-,7?,8?;6-,7?;2*7-,8?;5-,6?,7?;4?,5-,6?;3-,4+,5+,6?;;;;;;;;;/m001111100........./s1. The largest absolute Gasteiger partial charge is 2.00 e. The molecule has 37 nitrogen and oxygen atoms in total. The number of halogens is 1. The van der Waals surface area contributed by atoms with Crippen molar-refractivity contribution >= 4 is 56.3 Å². The normalized spacial score (nSPS) is 32.8. The molecule has 1 aromatic rings. The number of carbonyl (C=O) groups excluding carboxylic acids is 1. The van der Waals surface area contributed by atoms with Crippen LogP contribution < -0.4 is 17.0 Å². The molecule has 0 aromatic heterocycles. The van der Waals surface area contributed by atoms with Crippen LogP contribution in [0.2, 0.25) is 18.1 Å². The molecule has 14 rings (SSSR count). The number of hydrogen-bond acceptors (Lipinski definition) is 35. The maximum Gasteiger partial charge on any atom is 2.00 e. The Bertz CT molecular complexity index is 3740. The van der Waals surface area contributed by atoms with Gasteiger partial charge < -0.3 is 179 Å². The van der Waals surface area contributed by atoms with Gasteiger partial charge in [0.05, 0.1) is 99.7 Å². The van der Waals surface area contributed by atoms with Crippen LogP contribution in [-0.4, -0.2) is 358 Å². The van der Waals surface area contributed by atoms with Gasteiger partial charge >= 0.3 is 39.4 Å². The summed E-state index contributed by atoms with van der Waals surface area (Å²) < 4.78 is 159. The molecule has 1 aromatic carbocycles. The second kappa shape index (κ2) is 67.5. The first kappa shape index (κ1) is 152. The first-order valence-electron chi connectivity index (χ1n) is 51.1. The van der Waals surface area contributed by atoms with Crippen molar-refractivity contribution in [2.75, 3.05) is 53.0 Å². The van der Waals surface area contributed by atoms with E-state index in [1.165, 1.54) is 19.3 Å². The predicted octanol–water partition coefficient (Wildman–Crippen LogP) is 13.1. The van der Waals surface area contributed by atoms with Crippen LogP contribution in [-0.2, 0) is 130 Å². The summed E-state index contributed by atoms with van der Waals surface area (Å²) in [4.78, 5) is 11.6. The molecule has 147 heavy (non-hydrogen) atoms. The van der Waals surface area contributed by atoms with Gasteiger partial charge in [0, 0.05) is 44.1 Å². The van der Waals surface area contributed by atoms with Gasteiger partial charge in [0.2, 0.25) is 0 Å². The SMILES string of the molecule is C.C=C[C@H]1OC(C)(C)OC1CC.CC(C)(O)C[C@H]1OC(C)(C)OC1CO.CC1(C)C[C@H]2OC(C)(C)OC2C(=O)O1.CC1(C)C[C@H]2OC(C)(C)OC2C(O)O1.CC1(C)OC2COC(O)C[C@H]2O1.CC1(C)OC2COC(O)[C@H]2O1.CCC.CCC.CCC.CCC1OC(C)(C)O[C@@H]1[C@@H](C)CO[Si](C)(C)C(C)(C)C.CC[C@H](O)[C@H]1OC(C)(C)OC1COCc1ccccc1.CPC.C[C@H]1COC(O)[C@H](O)[C@@H]1O.O=S(=O)(O)O.[Br-].[CH3-].[Mg+2]. The summed E-state index contributed by atoms with van der Waals surface area (Å²) in [6, 6.07) is 10.00. The minimum absolute atomic E-state index is 0. The van der Waals surface area contributed by atoms with Gasteiger partial charge in [-0.25, -0.2) is 4.79 Å². The number of hydrogen-bond donors (Lipinski definition) is 11. The Balaban J connectivity index is -0.000000769. The zero-order valence-electron chi connectivity index (χ0n) is 96.7. The van der Waals surface area contributed by atoms with Crippen molar-refractivity contribution < 1.29 is 194 Å². The van der Waals surface area contributed by atoms with Crippen LogP contribution in [0, 0.1) is 19.3 Å². The summed E-state index contributed by atoms with van der Waals surface area (Å²) in [6.45, 7) is 86.1. The Kier molecular flexibility index (Phi) is 69.9. The van der Waals surface area contributed by atoms with Crippen molar-refractivity contribution in [3.05, 3.63) is 56.0 Å². The van der Waals surface area contributed by atoms with Crippen LogP contribution in [0.4, 0.5) is 0 Å². The number of esters is 1. The zero-order valence-corrected chi connectivity index (χ0v) is 102. The second-order valence-electron chi connectivity index (χ2n) is 44.8. The maximum absolute atomic E-state index is 11.6. The third-order valence-electron chi connectivity index (χ3n) is 23.1. The van der Waals surface area contributed by atoms with Gasteiger partial charge in [-0.05, 0) is 209 Å². The molecule has 42 heteroatoms. The fourth-order valence-corrected chi connectivity index (χ4v) is 17.4. The van der Waals surface area contributed by atoms with E-state index < -0.39 is 126 Å². The quantitative estimate of drug-likeness (QED) is 0.0183. The molecule has 0 bridgehead atoms. The summed E-state index contributed by atoms with van der Waals surface area (Å²) in [5.41, 5.74) is -0.466. The molecular weight excluding hydrogens is 2050 g/mol. The third kappa shape index (κ3) is 58.0. The maximum atomic E-state index is 11.6. The molecule has 13 aliphatic rings. The summed E-state index contributed by atoms with van der Waals surface area (Å²) in [6.07, 6.45) is 2.26. The van der Waals surface area contributed by atoms with E-state index in [9.17, 15) is 25.2 Å². The molecule has 0 radical (unpaired) electrons. The number of benzene rings is 1. The molecule has 11 N–H and O–H groups in total. The molecule has 872 valence electrons. The molecule has 0 saturated carbocycles. The van der Waals surface area contributed by atoms with Crippen molar-refractivity contribution in [1.29, 1.82) is 0 Å². The van der Waals surface area contributed by atoms with Gasteiger partial charge in [-0.3, -0.25) is 9.11 Å². The summed E-state index contributed by atoms with van der Waals surface area (Å²) in [5, 5.41) is 84.0. The fourth-order valence-electron chi connectivity index (χ4n) is 16.3. The molecule has 25 atom stereocenters. The van der Waals surface area contributed by atoms with E-state index in [2.05, 4.69) is 116 Å². The molecule has 12 unspecified atom stereocenters. The van der Waals surface area contributed by atoms with Crippen LogP contribution in [0.3, 0.4) is 0 Å². The minimum Gasteiger partial charge on any atom is -1.00 e. The zero-order chi connectivity index (χ0) is 111. The number of fused-ring (bicyclic) bond motifs is 4. The molecule has 13 saturated heterocycles. The van der Waals surface area contributed by atoms with Crippen molar-refractivity contribution in [1.82, 2.24) is 0 Å². The van der Waals surface area contributed by atoms with Crippen molar-refractivity contribution in [3.8, 4) is 0 Å². The molecular formula is C105H206BrMgO37PSSi. The first-order valence-corrected chi connectivity index (χ1v) is 57.4. The molecule has 13 aliphatic heterocycles. The average molecular weight is 2260 g/mol. The van der Waals surface area contributed by atoms with E-state index in [0.717, 1.165) is 40.0 Å². The van der Waals surface area contributed by atoms with Gasteiger partial charge in [-0.1, -0.05) is 160 Å². The van der Waals surface area contributed by atoms with Gasteiger partial charge in [-0.15, -0.1) is 15.2 Å². The fraction of sp³-hybridized carbons (Fsp3) is 0.905. The Morgan fingerprint density at radius 2 is 0.925 bits per heavy atom. The van der Waals surface area contributed by atoms with Crippen LogP contribution >= 0.6 is 8.58 Å². The topological polar surface area (TPSA) is 486 Å². The Hall–Kier alpha value is -1.05. The number of aliphatic hydroxyl groups is 9. The summed E-state index contributed by atoms with van der Waals surface area (Å²) in [5.74, 6) is -4.66. The van der Waals surface area contributed by atoms with E-state index in [4.69, 9.17) is 152 Å². The van der Waals surface area contributed by atoms with Crippen LogP contribution in [0.25, 0.3) is 0 Å². The number of cyclic esters (lactones) is 1. The minimum atomic E-state index is -4.67. The van der Waals surface area contributed by atoms with E-state index in [0.29, 0.717) is 64.6 Å². The summed E-state index contributed by atoms with van der Waals surface area (Å²) in [7, 11) is -5.27. The first-order chi connectivity index (χ1) is 65.2. The Morgan fingerprint density at radius 1 is 0.524 bits per heavy atom. The monoisotopic (exact) mass is 2250 g/mol. The van der Waals surface area contributed by atoms with Gasteiger partial charge in [-0.2, -0.15) is 8.42 Å². The Labute approximate surface area is 915 Å². The molecule has 0 aliphatic carbocycles. The van der Waals surface area contributed by atoms with Crippen molar-refractivity contribution in [2.24, 2.45) is 11.8 Å². The van der Waals surface area contributed by atoms with Gasteiger partial charge in [0.1, 0.15) is 66.6 Å². The van der Waals surface area contributed by atoms with E-state index in [1.54, 1.807) is 34.6 Å². The third-order valence-corrected chi connectivity index (χ3v) is 27.6. The van der Waals surface area contributed by atoms with Crippen molar-refractivity contribution in [3.63, 3.8) is 0 Å².